The van der Waals surface area contributed by atoms with Gasteiger partial charge in [-0.15, -0.1) is 11.6 Å². The number of nitrogens with zero attached hydrogens (tertiary/aromatic N) is 1. The van der Waals surface area contributed by atoms with Crippen molar-refractivity contribution in [2.45, 2.75) is 22.7 Å². The van der Waals surface area contributed by atoms with Crippen molar-refractivity contribution < 1.29 is 18.9 Å². The van der Waals surface area contributed by atoms with Gasteiger partial charge in [-0.25, -0.2) is 0 Å². The fourth-order valence-corrected chi connectivity index (χ4v) is 5.35. The molecule has 2 aromatic rings. The maximum atomic E-state index is 6.61. The van der Waals surface area contributed by atoms with E-state index in [0.717, 1.165) is 40.3 Å². The SMILES string of the molecule is COc1ccc2c(c1OCCCCl)[C@@H](C(Cl)(Cl)Cl)N1CCc3cc4c(cc3C1=C2)OCO4. The molecular formula is C23H21Cl4NO4. The van der Waals surface area contributed by atoms with Crippen molar-refractivity contribution in [2.24, 2.45) is 0 Å². The van der Waals surface area contributed by atoms with Crippen molar-refractivity contribution >= 4 is 58.2 Å². The van der Waals surface area contributed by atoms with E-state index in [0.29, 0.717) is 37.0 Å². The fraction of sp³-hybridized carbons (Fsp3) is 0.391. The van der Waals surface area contributed by atoms with Gasteiger partial charge in [-0.2, -0.15) is 0 Å². The van der Waals surface area contributed by atoms with E-state index in [9.17, 15) is 0 Å². The average molecular weight is 517 g/mol. The molecule has 9 heteroatoms. The highest BCUT2D eigenvalue weighted by Crippen LogP contribution is 2.56. The molecule has 5 nitrogen and oxygen atoms in total. The van der Waals surface area contributed by atoms with Gasteiger partial charge in [0.15, 0.2) is 23.0 Å². The Hall–Kier alpha value is -1.66. The van der Waals surface area contributed by atoms with Crippen molar-refractivity contribution in [3.8, 4) is 23.0 Å². The molecule has 3 aliphatic heterocycles. The summed E-state index contributed by atoms with van der Waals surface area (Å²) < 4.78 is 21.3. The molecule has 0 fully saturated rings. The van der Waals surface area contributed by atoms with Gasteiger partial charge in [0.25, 0.3) is 0 Å². The topological polar surface area (TPSA) is 40.2 Å². The molecule has 0 aromatic heterocycles. The van der Waals surface area contributed by atoms with E-state index >= 15 is 0 Å². The smallest absolute Gasteiger partial charge is 0.231 e. The maximum absolute atomic E-state index is 6.61. The molecule has 3 heterocycles. The highest BCUT2D eigenvalue weighted by molar-refractivity contribution is 6.68. The first-order valence-electron chi connectivity index (χ1n) is 10.3. The standard InChI is InChI=1S/C23H21Cl4NO4/c1-29-17-4-3-14-9-16-15-11-19-18(31-12-32-19)10-13(15)5-7-28(16)22(23(25,26)27)20(14)21(17)30-8-2-6-24/h3-4,9-11,22H,2,5-8,12H2,1H3/t22-/m0/s1. The molecule has 2 aromatic carbocycles. The van der Waals surface area contributed by atoms with E-state index < -0.39 is 9.83 Å². The van der Waals surface area contributed by atoms with Gasteiger partial charge in [0.05, 0.1) is 13.7 Å². The first kappa shape index (κ1) is 22.1. The van der Waals surface area contributed by atoms with Gasteiger partial charge in [0.1, 0.15) is 6.04 Å². The normalized spacial score (nSPS) is 18.5. The highest BCUT2D eigenvalue weighted by atomic mass is 35.6. The lowest BCUT2D eigenvalue weighted by molar-refractivity contribution is 0.174. The van der Waals surface area contributed by atoms with Crippen LogP contribution in [0.1, 0.15) is 34.7 Å². The summed E-state index contributed by atoms with van der Waals surface area (Å²) in [5, 5.41) is 0. The fourth-order valence-electron chi connectivity index (χ4n) is 4.56. The third kappa shape index (κ3) is 3.73. The van der Waals surface area contributed by atoms with E-state index in [-0.39, 0.29) is 6.79 Å². The summed E-state index contributed by atoms with van der Waals surface area (Å²) >= 11 is 25.7. The van der Waals surface area contributed by atoms with Gasteiger partial charge in [0, 0.05) is 29.2 Å². The Morgan fingerprint density at radius 1 is 1.16 bits per heavy atom. The Labute approximate surface area is 206 Å². The summed E-state index contributed by atoms with van der Waals surface area (Å²) in [6, 6.07) is 7.34. The van der Waals surface area contributed by atoms with E-state index in [2.05, 4.69) is 11.0 Å². The molecule has 3 aliphatic rings. The number of hydrogen-bond donors (Lipinski definition) is 0. The molecule has 170 valence electrons. The number of ether oxygens (including phenoxy) is 4. The van der Waals surface area contributed by atoms with E-state index in [1.807, 2.05) is 24.3 Å². The Kier molecular flexibility index (Phi) is 5.95. The summed E-state index contributed by atoms with van der Waals surface area (Å²) in [6.45, 7) is 1.34. The molecule has 32 heavy (non-hydrogen) atoms. The lowest BCUT2D eigenvalue weighted by Gasteiger charge is -2.45. The van der Waals surface area contributed by atoms with Crippen molar-refractivity contribution in [3.05, 3.63) is 46.5 Å². The summed E-state index contributed by atoms with van der Waals surface area (Å²) in [6.07, 6.45) is 3.58. The second-order valence-corrected chi connectivity index (χ2v) is 10.5. The molecule has 0 radical (unpaired) electrons. The van der Waals surface area contributed by atoms with Gasteiger partial charge in [-0.05, 0) is 48.2 Å². The Morgan fingerprint density at radius 2 is 1.94 bits per heavy atom. The Morgan fingerprint density at radius 3 is 2.66 bits per heavy atom. The van der Waals surface area contributed by atoms with E-state index in [4.69, 9.17) is 65.4 Å². The zero-order valence-corrected chi connectivity index (χ0v) is 20.3. The van der Waals surface area contributed by atoms with Crippen LogP contribution in [-0.2, 0) is 6.42 Å². The van der Waals surface area contributed by atoms with Gasteiger partial charge in [0.2, 0.25) is 10.6 Å². The van der Waals surface area contributed by atoms with Crippen LogP contribution in [0.25, 0.3) is 11.8 Å². The molecule has 1 atom stereocenters. The van der Waals surface area contributed by atoms with Gasteiger partial charge < -0.3 is 23.8 Å². The zero-order valence-electron chi connectivity index (χ0n) is 17.3. The molecule has 0 aliphatic carbocycles. The minimum absolute atomic E-state index is 0.226. The molecule has 0 amide bonds. The van der Waals surface area contributed by atoms with Crippen LogP contribution in [0, 0.1) is 0 Å². The number of benzene rings is 2. The molecule has 0 saturated heterocycles. The van der Waals surface area contributed by atoms with Crippen molar-refractivity contribution in [3.63, 3.8) is 0 Å². The number of fused-ring (bicyclic) bond motifs is 5. The van der Waals surface area contributed by atoms with Crippen LogP contribution in [0.4, 0.5) is 0 Å². The molecule has 0 bridgehead atoms. The van der Waals surface area contributed by atoms with Crippen molar-refractivity contribution in [2.75, 3.05) is 32.9 Å². The van der Waals surface area contributed by atoms with Crippen LogP contribution in [0.15, 0.2) is 24.3 Å². The highest BCUT2D eigenvalue weighted by Gasteiger charge is 2.46. The minimum Gasteiger partial charge on any atom is -0.493 e. The monoisotopic (exact) mass is 515 g/mol. The lowest BCUT2D eigenvalue weighted by atomic mass is 9.86. The van der Waals surface area contributed by atoms with Crippen LogP contribution in [-0.4, -0.2) is 41.6 Å². The predicted octanol–water partition coefficient (Wildman–Crippen LogP) is 6.21. The van der Waals surface area contributed by atoms with Crippen LogP contribution in [0.5, 0.6) is 23.0 Å². The predicted molar refractivity (Wildman–Crippen MR) is 128 cm³/mol. The Balaban J connectivity index is 1.69. The van der Waals surface area contributed by atoms with Crippen molar-refractivity contribution in [1.82, 2.24) is 4.90 Å². The van der Waals surface area contributed by atoms with Crippen LogP contribution < -0.4 is 18.9 Å². The summed E-state index contributed by atoms with van der Waals surface area (Å²) in [4.78, 5) is 2.13. The van der Waals surface area contributed by atoms with Crippen LogP contribution >= 0.6 is 46.4 Å². The second-order valence-electron chi connectivity index (χ2n) is 7.77. The van der Waals surface area contributed by atoms with Crippen molar-refractivity contribution in [1.29, 1.82) is 0 Å². The number of alkyl halides is 4. The quantitative estimate of drug-likeness (QED) is 0.349. The Bertz CT molecular complexity index is 1080. The summed E-state index contributed by atoms with van der Waals surface area (Å²) in [5.41, 5.74) is 4.91. The summed E-state index contributed by atoms with van der Waals surface area (Å²) in [7, 11) is 1.60. The van der Waals surface area contributed by atoms with Crippen LogP contribution in [0.3, 0.4) is 0 Å². The first-order chi connectivity index (χ1) is 15.4. The molecule has 5 rings (SSSR count). The molecular weight excluding hydrogens is 496 g/mol. The summed E-state index contributed by atoms with van der Waals surface area (Å²) in [5.74, 6) is 3.16. The average Bonchev–Trinajstić information content (AvgIpc) is 3.23. The number of hydrogen-bond acceptors (Lipinski definition) is 5. The van der Waals surface area contributed by atoms with Gasteiger partial charge in [-0.3, -0.25) is 0 Å². The number of rotatable bonds is 5. The molecule has 0 N–H and O–H groups in total. The van der Waals surface area contributed by atoms with Gasteiger partial charge in [-0.1, -0.05) is 40.9 Å². The van der Waals surface area contributed by atoms with E-state index in [1.165, 1.54) is 5.56 Å². The van der Waals surface area contributed by atoms with E-state index in [1.54, 1.807) is 7.11 Å². The lowest BCUT2D eigenvalue weighted by Crippen LogP contribution is -2.41. The zero-order chi connectivity index (χ0) is 22.5. The largest absolute Gasteiger partial charge is 0.493 e. The second kappa shape index (κ2) is 8.60. The molecule has 0 saturated carbocycles. The number of methoxy groups -OCH3 is 1. The molecule has 0 unspecified atom stereocenters. The van der Waals surface area contributed by atoms with Crippen LogP contribution in [0.2, 0.25) is 0 Å². The minimum atomic E-state index is -1.61. The number of halogens is 4. The molecule has 0 spiro atoms. The van der Waals surface area contributed by atoms with Gasteiger partial charge >= 0.3 is 0 Å². The third-order valence-corrected chi connectivity index (χ3v) is 6.82. The third-order valence-electron chi connectivity index (χ3n) is 5.93. The first-order valence-corrected chi connectivity index (χ1v) is 12.0. The maximum Gasteiger partial charge on any atom is 0.231 e.